The molecule has 8 heteroatoms. The summed E-state index contributed by atoms with van der Waals surface area (Å²) in [7, 11) is 1.62. The third-order valence-corrected chi connectivity index (χ3v) is 2.58. The second-order valence-corrected chi connectivity index (χ2v) is 4.07. The fourth-order valence-electron chi connectivity index (χ4n) is 1.59. The first kappa shape index (κ1) is 15.8. The highest BCUT2D eigenvalue weighted by molar-refractivity contribution is 5.98. The lowest BCUT2D eigenvalue weighted by molar-refractivity contribution is -0.385. The average Bonchev–Trinajstić information content (AvgIpc) is 2.44. The Labute approximate surface area is 116 Å². The molecule has 0 bridgehead atoms. The normalized spacial score (nSPS) is 11.8. The number of nitrogens with zero attached hydrogens (tertiary/aromatic N) is 2. The second kappa shape index (κ2) is 7.39. The molecular formula is C12H18N4O4. The van der Waals surface area contributed by atoms with Crippen LogP contribution < -0.4 is 10.6 Å². The average molecular weight is 282 g/mol. The first-order valence-electron chi connectivity index (χ1n) is 6.21. The number of carbonyl (C=O) groups is 1. The van der Waals surface area contributed by atoms with Gasteiger partial charge in [0.15, 0.2) is 0 Å². The number of aromatic nitrogens is 1. The number of rotatable bonds is 7. The highest BCUT2D eigenvalue weighted by Gasteiger charge is 2.21. The quantitative estimate of drug-likeness (QED) is 0.574. The van der Waals surface area contributed by atoms with Crippen LogP contribution in [0, 0.1) is 10.1 Å². The molecule has 1 unspecified atom stereocenters. The molecule has 0 spiro atoms. The molecule has 0 radical (unpaired) electrons. The van der Waals surface area contributed by atoms with Crippen LogP contribution in [0.15, 0.2) is 12.3 Å². The molecule has 0 aliphatic heterocycles. The molecule has 0 saturated heterocycles. The summed E-state index contributed by atoms with van der Waals surface area (Å²) in [5.74, 6) is -0.138. The molecule has 1 heterocycles. The van der Waals surface area contributed by atoms with Crippen LogP contribution in [0.3, 0.4) is 0 Å². The summed E-state index contributed by atoms with van der Waals surface area (Å²) in [4.78, 5) is 26.1. The first-order valence-corrected chi connectivity index (χ1v) is 6.21. The van der Waals surface area contributed by atoms with E-state index in [9.17, 15) is 14.9 Å². The van der Waals surface area contributed by atoms with Crippen molar-refractivity contribution in [3.05, 3.63) is 27.9 Å². The lowest BCUT2D eigenvalue weighted by Gasteiger charge is -2.12. The third-order valence-electron chi connectivity index (χ3n) is 2.58. The predicted molar refractivity (Wildman–Crippen MR) is 73.9 cm³/mol. The van der Waals surface area contributed by atoms with E-state index in [1.807, 2.05) is 13.8 Å². The van der Waals surface area contributed by atoms with Crippen molar-refractivity contribution in [3.8, 4) is 0 Å². The standard InChI is InChI=1S/C12H18N4O4/c1-4-20-8(2)6-15-12(17)9-5-11(13-3)14-7-10(9)16(18)19/h5,7-8H,4,6H2,1-3H3,(H,13,14)(H,15,17). The van der Waals surface area contributed by atoms with E-state index in [2.05, 4.69) is 15.6 Å². The van der Waals surface area contributed by atoms with Gasteiger partial charge in [0, 0.05) is 26.3 Å². The number of hydrogen-bond donors (Lipinski definition) is 2. The smallest absolute Gasteiger partial charge is 0.300 e. The van der Waals surface area contributed by atoms with Crippen molar-refractivity contribution in [1.29, 1.82) is 0 Å². The summed E-state index contributed by atoms with van der Waals surface area (Å²) in [5.41, 5.74) is -0.358. The van der Waals surface area contributed by atoms with Gasteiger partial charge in [-0.25, -0.2) is 4.98 Å². The lowest BCUT2D eigenvalue weighted by atomic mass is 10.2. The van der Waals surface area contributed by atoms with Crippen LogP contribution in [0.5, 0.6) is 0 Å². The molecule has 8 nitrogen and oxygen atoms in total. The van der Waals surface area contributed by atoms with Crippen molar-refractivity contribution >= 4 is 17.4 Å². The second-order valence-electron chi connectivity index (χ2n) is 4.07. The Kier molecular flexibility index (Phi) is 5.85. The Balaban J connectivity index is 2.87. The van der Waals surface area contributed by atoms with Gasteiger partial charge in [-0.2, -0.15) is 0 Å². The van der Waals surface area contributed by atoms with Crippen LogP contribution in [0.2, 0.25) is 0 Å². The number of carbonyl (C=O) groups excluding carboxylic acids is 1. The van der Waals surface area contributed by atoms with E-state index in [1.54, 1.807) is 7.05 Å². The van der Waals surface area contributed by atoms with Gasteiger partial charge >= 0.3 is 0 Å². The molecule has 0 saturated carbocycles. The van der Waals surface area contributed by atoms with Gasteiger partial charge in [0.05, 0.1) is 11.0 Å². The number of nitro groups is 1. The molecule has 0 aromatic carbocycles. The van der Waals surface area contributed by atoms with E-state index in [0.29, 0.717) is 12.4 Å². The fourth-order valence-corrected chi connectivity index (χ4v) is 1.59. The van der Waals surface area contributed by atoms with Crippen molar-refractivity contribution in [2.45, 2.75) is 20.0 Å². The highest BCUT2D eigenvalue weighted by Crippen LogP contribution is 2.19. The van der Waals surface area contributed by atoms with E-state index >= 15 is 0 Å². The number of amides is 1. The largest absolute Gasteiger partial charge is 0.377 e. The van der Waals surface area contributed by atoms with Crippen LogP contribution in [-0.4, -0.2) is 42.1 Å². The van der Waals surface area contributed by atoms with Gasteiger partial charge in [0.25, 0.3) is 11.6 Å². The molecule has 0 fully saturated rings. The van der Waals surface area contributed by atoms with Crippen molar-refractivity contribution < 1.29 is 14.5 Å². The summed E-state index contributed by atoms with van der Waals surface area (Å²) >= 11 is 0. The highest BCUT2D eigenvalue weighted by atomic mass is 16.6. The summed E-state index contributed by atoms with van der Waals surface area (Å²) in [5, 5.41) is 16.2. The van der Waals surface area contributed by atoms with E-state index in [4.69, 9.17) is 4.74 Å². The number of anilines is 1. The number of pyridine rings is 1. The maximum Gasteiger partial charge on any atom is 0.300 e. The minimum absolute atomic E-state index is 0.0296. The van der Waals surface area contributed by atoms with Crippen LogP contribution in [-0.2, 0) is 4.74 Å². The summed E-state index contributed by atoms with van der Waals surface area (Å²) in [6.07, 6.45) is 0.904. The lowest BCUT2D eigenvalue weighted by Crippen LogP contribution is -2.32. The molecule has 0 aliphatic rings. The molecule has 110 valence electrons. The Bertz CT molecular complexity index is 492. The third kappa shape index (κ3) is 4.16. The Morgan fingerprint density at radius 2 is 2.30 bits per heavy atom. The molecule has 20 heavy (non-hydrogen) atoms. The molecule has 1 amide bonds. The van der Waals surface area contributed by atoms with Crippen LogP contribution in [0.4, 0.5) is 11.5 Å². The van der Waals surface area contributed by atoms with Crippen LogP contribution in [0.1, 0.15) is 24.2 Å². The van der Waals surface area contributed by atoms with E-state index in [1.165, 1.54) is 6.07 Å². The van der Waals surface area contributed by atoms with Crippen molar-refractivity contribution in [3.63, 3.8) is 0 Å². The van der Waals surface area contributed by atoms with Gasteiger partial charge < -0.3 is 15.4 Å². The zero-order chi connectivity index (χ0) is 15.1. The Hall–Kier alpha value is -2.22. The maximum absolute atomic E-state index is 12.0. The molecular weight excluding hydrogens is 264 g/mol. The fraction of sp³-hybridized carbons (Fsp3) is 0.500. The number of hydrogen-bond acceptors (Lipinski definition) is 6. The summed E-state index contributed by atoms with van der Waals surface area (Å²) < 4.78 is 5.28. The number of ether oxygens (including phenoxy) is 1. The zero-order valence-corrected chi connectivity index (χ0v) is 11.7. The predicted octanol–water partition coefficient (Wildman–Crippen LogP) is 1.19. The molecule has 0 aliphatic carbocycles. The molecule has 1 rings (SSSR count). The zero-order valence-electron chi connectivity index (χ0n) is 11.7. The molecule has 1 aromatic rings. The summed E-state index contributed by atoms with van der Waals surface area (Å²) in [6.45, 7) is 4.48. The molecule has 1 aromatic heterocycles. The first-order chi connectivity index (χ1) is 9.49. The van der Waals surface area contributed by atoms with Gasteiger partial charge in [0.1, 0.15) is 17.6 Å². The van der Waals surface area contributed by atoms with E-state index < -0.39 is 10.8 Å². The van der Waals surface area contributed by atoms with Crippen LogP contribution >= 0.6 is 0 Å². The van der Waals surface area contributed by atoms with Gasteiger partial charge in [-0.1, -0.05) is 0 Å². The van der Waals surface area contributed by atoms with E-state index in [-0.39, 0.29) is 23.9 Å². The Morgan fingerprint density at radius 3 is 2.85 bits per heavy atom. The van der Waals surface area contributed by atoms with Gasteiger partial charge in [-0.05, 0) is 13.8 Å². The van der Waals surface area contributed by atoms with Gasteiger partial charge in [-0.15, -0.1) is 0 Å². The van der Waals surface area contributed by atoms with E-state index in [0.717, 1.165) is 6.20 Å². The summed E-state index contributed by atoms with van der Waals surface area (Å²) in [6, 6.07) is 1.35. The SMILES string of the molecule is CCOC(C)CNC(=O)c1cc(NC)ncc1[N+](=O)[O-]. The van der Waals surface area contributed by atoms with Crippen molar-refractivity contribution in [2.24, 2.45) is 0 Å². The maximum atomic E-state index is 12.0. The molecule has 1 atom stereocenters. The van der Waals surface area contributed by atoms with Crippen LogP contribution in [0.25, 0.3) is 0 Å². The minimum atomic E-state index is -0.632. The topological polar surface area (TPSA) is 106 Å². The van der Waals surface area contributed by atoms with Crippen molar-refractivity contribution in [2.75, 3.05) is 25.5 Å². The van der Waals surface area contributed by atoms with Crippen molar-refractivity contribution in [1.82, 2.24) is 10.3 Å². The number of nitrogens with one attached hydrogen (secondary N) is 2. The molecule has 2 N–H and O–H groups in total. The monoisotopic (exact) mass is 282 g/mol. The van der Waals surface area contributed by atoms with Gasteiger partial charge in [0.2, 0.25) is 0 Å². The van der Waals surface area contributed by atoms with Gasteiger partial charge in [-0.3, -0.25) is 14.9 Å². The Morgan fingerprint density at radius 1 is 1.60 bits per heavy atom. The minimum Gasteiger partial charge on any atom is -0.377 e.